The maximum atomic E-state index is 10.6. The van der Waals surface area contributed by atoms with Gasteiger partial charge >= 0.3 is 0 Å². The van der Waals surface area contributed by atoms with Crippen molar-refractivity contribution < 1.29 is 5.11 Å². The van der Waals surface area contributed by atoms with Gasteiger partial charge in [-0.25, -0.2) is 0 Å². The predicted molar refractivity (Wildman–Crippen MR) is 108 cm³/mol. The Bertz CT molecular complexity index is 989. The van der Waals surface area contributed by atoms with Gasteiger partial charge in [0.25, 0.3) is 0 Å². The summed E-state index contributed by atoms with van der Waals surface area (Å²) in [6, 6.07) is 23.3. The molecule has 3 nitrogen and oxygen atoms in total. The molecule has 3 aromatic carbocycles. The van der Waals surface area contributed by atoms with E-state index in [1.54, 1.807) is 0 Å². The third kappa shape index (κ3) is 4.03. The lowest BCUT2D eigenvalue weighted by Gasteiger charge is -2.31. The number of β-amino-alcohol motifs (C(OH)–C–C–N with tert-alkyl or cyclic N) is 1. The van der Waals surface area contributed by atoms with Crippen molar-refractivity contribution in [3.8, 4) is 6.07 Å². The van der Waals surface area contributed by atoms with Gasteiger partial charge in [-0.15, -0.1) is 0 Å². The van der Waals surface area contributed by atoms with Crippen molar-refractivity contribution in [2.75, 3.05) is 13.1 Å². The number of fused-ring (bicyclic) bond motifs is 2. The van der Waals surface area contributed by atoms with E-state index in [2.05, 4.69) is 53.4 Å². The molecule has 0 saturated heterocycles. The number of aliphatic hydroxyl groups is 1. The maximum Gasteiger partial charge on any atom is 0.0707 e. The van der Waals surface area contributed by atoms with Crippen molar-refractivity contribution in [2.45, 2.75) is 31.9 Å². The molecule has 1 atom stereocenters. The number of aliphatic hydroxyl groups excluding tert-OH is 1. The number of hydrogen-bond donors (Lipinski definition) is 1. The van der Waals surface area contributed by atoms with E-state index in [0.717, 1.165) is 25.1 Å². The highest BCUT2D eigenvalue weighted by molar-refractivity contribution is 5.82. The van der Waals surface area contributed by atoms with Crippen LogP contribution in [0.4, 0.5) is 0 Å². The standard InChI is InChI=1S/C24H24N2O/c25-12-10-20-6-3-7-22-16-26(13-11-24(20)22)17-23(27)15-18-8-9-19-4-1-2-5-21(19)14-18/h1-9,14,23,27H,10-11,13,15-17H2. The number of nitriles is 1. The van der Waals surface area contributed by atoms with Crippen molar-refractivity contribution >= 4 is 10.8 Å². The second kappa shape index (κ2) is 7.92. The lowest BCUT2D eigenvalue weighted by atomic mass is 9.93. The molecule has 3 aromatic rings. The lowest BCUT2D eigenvalue weighted by Crippen LogP contribution is -2.37. The van der Waals surface area contributed by atoms with E-state index in [1.807, 2.05) is 18.2 Å². The molecule has 27 heavy (non-hydrogen) atoms. The van der Waals surface area contributed by atoms with Crippen LogP contribution in [0.2, 0.25) is 0 Å². The summed E-state index contributed by atoms with van der Waals surface area (Å²) < 4.78 is 0. The van der Waals surface area contributed by atoms with E-state index >= 15 is 0 Å². The molecule has 0 spiro atoms. The normalized spacial score (nSPS) is 15.3. The van der Waals surface area contributed by atoms with Gasteiger partial charge in [-0.3, -0.25) is 4.90 Å². The first-order chi connectivity index (χ1) is 13.2. The molecule has 0 aromatic heterocycles. The zero-order valence-electron chi connectivity index (χ0n) is 15.4. The third-order valence-corrected chi connectivity index (χ3v) is 5.47. The molecule has 3 heteroatoms. The summed E-state index contributed by atoms with van der Waals surface area (Å²) in [6.45, 7) is 2.46. The van der Waals surface area contributed by atoms with E-state index in [1.165, 1.54) is 27.5 Å². The Morgan fingerprint density at radius 3 is 2.74 bits per heavy atom. The van der Waals surface area contributed by atoms with Crippen molar-refractivity contribution in [3.05, 3.63) is 82.9 Å². The molecule has 1 unspecified atom stereocenters. The second-order valence-corrected chi connectivity index (χ2v) is 7.41. The minimum Gasteiger partial charge on any atom is -0.391 e. The molecule has 0 amide bonds. The molecule has 1 aliphatic heterocycles. The van der Waals surface area contributed by atoms with Crippen LogP contribution in [-0.2, 0) is 25.8 Å². The highest BCUT2D eigenvalue weighted by Gasteiger charge is 2.20. The van der Waals surface area contributed by atoms with Crippen molar-refractivity contribution in [1.82, 2.24) is 4.90 Å². The molecule has 4 rings (SSSR count). The van der Waals surface area contributed by atoms with Crippen LogP contribution in [0, 0.1) is 11.3 Å². The summed E-state index contributed by atoms with van der Waals surface area (Å²) in [4.78, 5) is 2.32. The molecular weight excluding hydrogens is 332 g/mol. The van der Waals surface area contributed by atoms with Gasteiger partial charge in [-0.2, -0.15) is 5.26 Å². The SMILES string of the molecule is N#CCc1cccc2c1CCN(CC(O)Cc1ccc3ccccc3c1)C2. The van der Waals surface area contributed by atoms with Gasteiger partial charge in [0.05, 0.1) is 18.6 Å². The Balaban J connectivity index is 1.40. The maximum absolute atomic E-state index is 10.6. The summed E-state index contributed by atoms with van der Waals surface area (Å²) in [7, 11) is 0. The Hall–Kier alpha value is -2.67. The Morgan fingerprint density at radius 1 is 1.04 bits per heavy atom. The lowest BCUT2D eigenvalue weighted by molar-refractivity contribution is 0.105. The van der Waals surface area contributed by atoms with Crippen molar-refractivity contribution in [1.29, 1.82) is 5.26 Å². The fourth-order valence-corrected chi connectivity index (χ4v) is 4.15. The van der Waals surface area contributed by atoms with Crippen molar-refractivity contribution in [3.63, 3.8) is 0 Å². The quantitative estimate of drug-likeness (QED) is 0.755. The van der Waals surface area contributed by atoms with Gasteiger partial charge < -0.3 is 5.11 Å². The van der Waals surface area contributed by atoms with Crippen LogP contribution >= 0.6 is 0 Å². The zero-order chi connectivity index (χ0) is 18.6. The van der Waals surface area contributed by atoms with Crippen LogP contribution in [0.3, 0.4) is 0 Å². The van der Waals surface area contributed by atoms with Gasteiger partial charge in [0.15, 0.2) is 0 Å². The summed E-state index contributed by atoms with van der Waals surface area (Å²) in [5.74, 6) is 0. The van der Waals surface area contributed by atoms with E-state index in [-0.39, 0.29) is 6.10 Å². The first kappa shape index (κ1) is 17.7. The fourth-order valence-electron chi connectivity index (χ4n) is 4.15. The van der Waals surface area contributed by atoms with Crippen LogP contribution in [0.25, 0.3) is 10.8 Å². The average Bonchev–Trinajstić information content (AvgIpc) is 2.68. The number of nitrogens with zero attached hydrogens (tertiary/aromatic N) is 2. The van der Waals surface area contributed by atoms with Crippen molar-refractivity contribution in [2.24, 2.45) is 0 Å². The van der Waals surface area contributed by atoms with E-state index < -0.39 is 0 Å². The average molecular weight is 356 g/mol. The summed E-state index contributed by atoms with van der Waals surface area (Å²) in [5, 5.41) is 22.1. The number of hydrogen-bond acceptors (Lipinski definition) is 3. The zero-order valence-corrected chi connectivity index (χ0v) is 15.4. The highest BCUT2D eigenvalue weighted by atomic mass is 16.3. The Labute approximate surface area is 160 Å². The van der Waals surface area contributed by atoms with Crippen LogP contribution < -0.4 is 0 Å². The minimum atomic E-state index is -0.380. The first-order valence-electron chi connectivity index (χ1n) is 9.57. The smallest absolute Gasteiger partial charge is 0.0707 e. The Morgan fingerprint density at radius 2 is 1.89 bits per heavy atom. The first-order valence-corrected chi connectivity index (χ1v) is 9.57. The van der Waals surface area contributed by atoms with E-state index in [0.29, 0.717) is 19.4 Å². The molecule has 0 saturated carbocycles. The third-order valence-electron chi connectivity index (χ3n) is 5.47. The van der Waals surface area contributed by atoms with Crippen LogP contribution in [-0.4, -0.2) is 29.2 Å². The van der Waals surface area contributed by atoms with Gasteiger partial charge in [0, 0.05) is 19.6 Å². The number of benzene rings is 3. The summed E-state index contributed by atoms with van der Waals surface area (Å²) in [5.41, 5.74) is 4.97. The monoisotopic (exact) mass is 356 g/mol. The summed E-state index contributed by atoms with van der Waals surface area (Å²) in [6.07, 6.45) is 1.72. The molecule has 0 fully saturated rings. The van der Waals surface area contributed by atoms with Crippen LogP contribution in [0.5, 0.6) is 0 Å². The molecule has 1 heterocycles. The minimum absolute atomic E-state index is 0.380. The van der Waals surface area contributed by atoms with Gasteiger partial charge in [0.2, 0.25) is 0 Å². The highest BCUT2D eigenvalue weighted by Crippen LogP contribution is 2.23. The molecule has 0 bridgehead atoms. The molecule has 1 aliphatic rings. The fraction of sp³-hybridized carbons (Fsp3) is 0.292. The van der Waals surface area contributed by atoms with E-state index in [4.69, 9.17) is 5.26 Å². The van der Waals surface area contributed by atoms with Gasteiger partial charge in [-0.05, 0) is 45.9 Å². The summed E-state index contributed by atoms with van der Waals surface area (Å²) >= 11 is 0. The molecule has 1 N–H and O–H groups in total. The Kier molecular flexibility index (Phi) is 5.20. The van der Waals surface area contributed by atoms with Gasteiger partial charge in [0.1, 0.15) is 0 Å². The van der Waals surface area contributed by atoms with Crippen LogP contribution in [0.15, 0.2) is 60.7 Å². The van der Waals surface area contributed by atoms with E-state index in [9.17, 15) is 5.11 Å². The molecule has 0 aliphatic carbocycles. The van der Waals surface area contributed by atoms with Gasteiger partial charge in [-0.1, -0.05) is 60.7 Å². The van der Waals surface area contributed by atoms with Crippen LogP contribution in [0.1, 0.15) is 22.3 Å². The second-order valence-electron chi connectivity index (χ2n) is 7.41. The molecular formula is C24H24N2O. The number of rotatable bonds is 5. The molecule has 0 radical (unpaired) electrons. The predicted octanol–water partition coefficient (Wildman–Crippen LogP) is 3.87. The molecule has 136 valence electrons. The largest absolute Gasteiger partial charge is 0.391 e. The topological polar surface area (TPSA) is 47.3 Å².